The van der Waals surface area contributed by atoms with Gasteiger partial charge in [-0.25, -0.2) is 4.79 Å². The van der Waals surface area contributed by atoms with Gasteiger partial charge in [0.2, 0.25) is 0 Å². The summed E-state index contributed by atoms with van der Waals surface area (Å²) in [4.78, 5) is 31.7. The van der Waals surface area contributed by atoms with Crippen LogP contribution in [0.3, 0.4) is 0 Å². The first kappa shape index (κ1) is 25.4. The topological polar surface area (TPSA) is 83.4 Å². The molecule has 4 rings (SSSR count). The highest BCUT2D eigenvalue weighted by Crippen LogP contribution is 2.48. The molecule has 1 saturated carbocycles. The first-order chi connectivity index (χ1) is 16.7. The number of hydrogen-bond donors (Lipinski definition) is 0. The predicted octanol–water partition coefficient (Wildman–Crippen LogP) is 5.02. The van der Waals surface area contributed by atoms with Crippen molar-refractivity contribution >= 4 is 17.5 Å². The Morgan fingerprint density at radius 3 is 2.69 bits per heavy atom. The summed E-state index contributed by atoms with van der Waals surface area (Å²) in [6.07, 6.45) is 3.81. The third-order valence-electron chi connectivity index (χ3n) is 7.02. The Morgan fingerprint density at radius 1 is 1.20 bits per heavy atom. The minimum Gasteiger partial charge on any atom is -0.493 e. The lowest BCUT2D eigenvalue weighted by molar-refractivity contribution is -0.142. The Hall–Kier alpha value is -2.67. The number of rotatable bonds is 8. The van der Waals surface area contributed by atoms with Crippen LogP contribution in [0.2, 0.25) is 0 Å². The normalized spacial score (nSPS) is 25.7. The summed E-state index contributed by atoms with van der Waals surface area (Å²) in [5.41, 5.74) is 2.54. The van der Waals surface area contributed by atoms with Crippen LogP contribution < -0.4 is 9.47 Å². The smallest absolute Gasteiger partial charge is 0.336 e. The standard InChI is InChI=1S/C28H37NO6/c1-6-11-34-22-10-9-18(13-23(22)32-5)25-24(27(31)35-16-19-8-7-12-33-19)17(2)29-20-14-28(3,4)15-21(30)26(20)25/h9-10,13,19,25-26H,6-8,11-12,14-16H2,1-5H3/t19-,25-,26?/m1/s1. The molecule has 1 saturated heterocycles. The van der Waals surface area contributed by atoms with Crippen LogP contribution in [0.4, 0.5) is 0 Å². The van der Waals surface area contributed by atoms with Gasteiger partial charge in [-0.3, -0.25) is 9.79 Å². The van der Waals surface area contributed by atoms with Crippen LogP contribution in [-0.4, -0.2) is 50.5 Å². The van der Waals surface area contributed by atoms with Crippen molar-refractivity contribution in [2.45, 2.75) is 71.8 Å². The van der Waals surface area contributed by atoms with E-state index in [0.29, 0.717) is 48.8 Å². The van der Waals surface area contributed by atoms with Gasteiger partial charge in [-0.05, 0) is 55.7 Å². The largest absolute Gasteiger partial charge is 0.493 e. The molecule has 1 aromatic rings. The van der Waals surface area contributed by atoms with Crippen molar-refractivity contribution in [2.24, 2.45) is 16.3 Å². The van der Waals surface area contributed by atoms with Gasteiger partial charge in [0.1, 0.15) is 12.4 Å². The second-order valence-corrected chi connectivity index (χ2v) is 10.5. The maximum atomic E-state index is 13.5. The van der Waals surface area contributed by atoms with E-state index in [4.69, 9.17) is 23.9 Å². The van der Waals surface area contributed by atoms with Gasteiger partial charge in [0.05, 0.1) is 31.3 Å². The fraction of sp³-hybridized carbons (Fsp3) is 0.607. The molecular formula is C28H37NO6. The first-order valence-electron chi connectivity index (χ1n) is 12.6. The van der Waals surface area contributed by atoms with Crippen molar-refractivity contribution in [3.05, 3.63) is 35.0 Å². The number of aliphatic imine (C=N–C) groups is 1. The van der Waals surface area contributed by atoms with Crippen LogP contribution in [0, 0.1) is 11.3 Å². The third kappa shape index (κ3) is 5.45. The van der Waals surface area contributed by atoms with E-state index in [1.54, 1.807) is 7.11 Å². The number of allylic oxidation sites excluding steroid dienone is 1. The van der Waals surface area contributed by atoms with E-state index in [2.05, 4.69) is 13.8 Å². The van der Waals surface area contributed by atoms with Crippen molar-refractivity contribution < 1.29 is 28.5 Å². The van der Waals surface area contributed by atoms with Crippen molar-refractivity contribution in [2.75, 3.05) is 26.9 Å². The fourth-order valence-corrected chi connectivity index (χ4v) is 5.45. The van der Waals surface area contributed by atoms with Gasteiger partial charge in [0.15, 0.2) is 11.5 Å². The summed E-state index contributed by atoms with van der Waals surface area (Å²) in [6, 6.07) is 5.66. The van der Waals surface area contributed by atoms with E-state index in [1.165, 1.54) is 0 Å². The zero-order chi connectivity index (χ0) is 25.2. The summed E-state index contributed by atoms with van der Waals surface area (Å²) < 4.78 is 22.8. The van der Waals surface area contributed by atoms with E-state index >= 15 is 0 Å². The molecule has 2 aliphatic heterocycles. The van der Waals surface area contributed by atoms with Crippen LogP contribution in [0.1, 0.15) is 71.3 Å². The van der Waals surface area contributed by atoms with E-state index in [-0.39, 0.29) is 23.9 Å². The molecule has 0 aromatic heterocycles. The first-order valence-corrected chi connectivity index (χ1v) is 12.6. The average Bonchev–Trinajstić information content (AvgIpc) is 3.33. The van der Waals surface area contributed by atoms with Gasteiger partial charge in [0, 0.05) is 30.4 Å². The zero-order valence-corrected chi connectivity index (χ0v) is 21.5. The number of carbonyl (C=O) groups is 2. The molecule has 3 aliphatic rings. The van der Waals surface area contributed by atoms with Crippen molar-refractivity contribution in [3.63, 3.8) is 0 Å². The van der Waals surface area contributed by atoms with E-state index < -0.39 is 17.8 Å². The lowest BCUT2D eigenvalue weighted by atomic mass is 9.63. The van der Waals surface area contributed by atoms with Crippen LogP contribution in [0.5, 0.6) is 11.5 Å². The summed E-state index contributed by atoms with van der Waals surface area (Å²) in [5.74, 6) is -0.0994. The molecule has 0 bridgehead atoms. The number of esters is 1. The lowest BCUT2D eigenvalue weighted by Gasteiger charge is -2.41. The number of fused-ring (bicyclic) bond motifs is 1. The van der Waals surface area contributed by atoms with Gasteiger partial charge < -0.3 is 18.9 Å². The monoisotopic (exact) mass is 483 g/mol. The molecule has 190 valence electrons. The highest BCUT2D eigenvalue weighted by molar-refractivity contribution is 6.12. The number of nitrogens with zero attached hydrogens (tertiary/aromatic N) is 1. The molecule has 1 aromatic carbocycles. The van der Waals surface area contributed by atoms with Gasteiger partial charge in [-0.15, -0.1) is 0 Å². The second-order valence-electron chi connectivity index (χ2n) is 10.5. The minimum absolute atomic E-state index is 0.0758. The summed E-state index contributed by atoms with van der Waals surface area (Å²) in [5, 5.41) is 0. The summed E-state index contributed by atoms with van der Waals surface area (Å²) in [6.45, 7) is 9.53. The minimum atomic E-state index is -0.496. The molecule has 2 heterocycles. The van der Waals surface area contributed by atoms with E-state index in [9.17, 15) is 9.59 Å². The number of Topliss-reactive ketones (excluding diaryl/α,β-unsaturated/α-hetero) is 1. The molecule has 0 radical (unpaired) electrons. The molecule has 2 fully saturated rings. The molecule has 0 spiro atoms. The SMILES string of the molecule is CCCOc1ccc([C@@H]2C(C(=O)OC[C@H]3CCCO3)=C(C)N=C3CC(C)(C)CC(=O)C32)cc1OC. The number of ether oxygens (including phenoxy) is 4. The number of hydrogen-bond acceptors (Lipinski definition) is 7. The number of ketones is 1. The lowest BCUT2D eigenvalue weighted by Crippen LogP contribution is -2.44. The Morgan fingerprint density at radius 2 is 2.00 bits per heavy atom. The molecule has 0 amide bonds. The molecule has 3 atom stereocenters. The summed E-state index contributed by atoms with van der Waals surface area (Å²) >= 11 is 0. The van der Waals surface area contributed by atoms with Crippen LogP contribution in [-0.2, 0) is 19.1 Å². The second kappa shape index (κ2) is 10.5. The number of benzene rings is 1. The Labute approximate surface area is 207 Å². The Kier molecular flexibility index (Phi) is 7.64. The third-order valence-corrected chi connectivity index (χ3v) is 7.02. The highest BCUT2D eigenvalue weighted by atomic mass is 16.6. The van der Waals surface area contributed by atoms with Crippen LogP contribution in [0.25, 0.3) is 0 Å². The number of methoxy groups -OCH3 is 1. The van der Waals surface area contributed by atoms with Crippen LogP contribution in [0.15, 0.2) is 34.5 Å². The molecule has 7 heteroatoms. The molecule has 7 nitrogen and oxygen atoms in total. The quantitative estimate of drug-likeness (QED) is 0.483. The highest BCUT2D eigenvalue weighted by Gasteiger charge is 2.48. The average molecular weight is 484 g/mol. The molecule has 1 unspecified atom stereocenters. The maximum Gasteiger partial charge on any atom is 0.336 e. The Bertz CT molecular complexity index is 1030. The fourth-order valence-electron chi connectivity index (χ4n) is 5.45. The zero-order valence-electron chi connectivity index (χ0n) is 21.5. The molecule has 0 N–H and O–H groups in total. The van der Waals surface area contributed by atoms with Crippen molar-refractivity contribution in [3.8, 4) is 11.5 Å². The van der Waals surface area contributed by atoms with Gasteiger partial charge in [0.25, 0.3) is 0 Å². The van der Waals surface area contributed by atoms with E-state index in [0.717, 1.165) is 30.5 Å². The predicted molar refractivity (Wildman–Crippen MR) is 133 cm³/mol. The maximum absolute atomic E-state index is 13.5. The van der Waals surface area contributed by atoms with E-state index in [1.807, 2.05) is 32.0 Å². The molecular weight excluding hydrogens is 446 g/mol. The summed E-state index contributed by atoms with van der Waals surface area (Å²) in [7, 11) is 1.60. The Balaban J connectivity index is 1.73. The molecule has 1 aliphatic carbocycles. The van der Waals surface area contributed by atoms with Gasteiger partial charge in [-0.2, -0.15) is 0 Å². The number of carbonyl (C=O) groups excluding carboxylic acids is 2. The molecule has 35 heavy (non-hydrogen) atoms. The van der Waals surface area contributed by atoms with Gasteiger partial charge in [-0.1, -0.05) is 26.8 Å². The van der Waals surface area contributed by atoms with Crippen molar-refractivity contribution in [1.29, 1.82) is 0 Å². The van der Waals surface area contributed by atoms with Crippen molar-refractivity contribution in [1.82, 2.24) is 0 Å². The van der Waals surface area contributed by atoms with Gasteiger partial charge >= 0.3 is 5.97 Å². The van der Waals surface area contributed by atoms with Crippen LogP contribution >= 0.6 is 0 Å².